The Morgan fingerprint density at radius 2 is 1.71 bits per heavy atom. The minimum absolute atomic E-state index is 0.135. The first-order valence-corrected chi connectivity index (χ1v) is 20.4. The van der Waals surface area contributed by atoms with Crippen LogP contribution in [0.2, 0.25) is 5.02 Å². The number of piperidine rings is 1. The van der Waals surface area contributed by atoms with Gasteiger partial charge >= 0.3 is 0 Å². The van der Waals surface area contributed by atoms with Crippen molar-refractivity contribution in [2.75, 3.05) is 90.0 Å². The standard InChI is InChI=1S/C44H54ClN5O9/c1-4-59-40-26-39(53)35(24-32(40)27-50-18-16-49(3)17-19-50)38(52)12-9-30-8-10-33(25-36(30)45)46-14-20-57-22-23-58-21-15-47-37-7-5-6-31(28-51)42(37)43(55)29(2)34-11-13-41(54)48-44(34)56/h5-10,12,24-26,28-29,34,46-47,53H,4,11,13-23,27H2,1-3H3,(H,48,54,56)/b12-9+. The lowest BCUT2D eigenvalue weighted by Crippen LogP contribution is -2.44. The molecule has 3 aromatic carbocycles. The highest BCUT2D eigenvalue weighted by Crippen LogP contribution is 2.32. The number of ketones is 2. The Morgan fingerprint density at radius 3 is 2.39 bits per heavy atom. The number of amides is 2. The molecular formula is C44H54ClN5O9. The van der Waals surface area contributed by atoms with E-state index >= 15 is 0 Å². The van der Waals surface area contributed by atoms with Crippen molar-refractivity contribution in [3.63, 3.8) is 0 Å². The van der Waals surface area contributed by atoms with E-state index in [-0.39, 0.29) is 52.8 Å². The van der Waals surface area contributed by atoms with Crippen molar-refractivity contribution < 1.29 is 43.3 Å². The summed E-state index contributed by atoms with van der Waals surface area (Å²) in [6.07, 6.45) is 4.10. The number of phenolic OH excluding ortho intramolecular Hbond substituents is 1. The highest BCUT2D eigenvalue weighted by molar-refractivity contribution is 6.32. The third-order valence-electron chi connectivity index (χ3n) is 10.4. The molecule has 5 rings (SSSR count). The Bertz CT molecular complexity index is 2000. The second-order valence-electron chi connectivity index (χ2n) is 14.6. The summed E-state index contributed by atoms with van der Waals surface area (Å²) < 4.78 is 17.2. The van der Waals surface area contributed by atoms with Gasteiger partial charge in [0.1, 0.15) is 11.5 Å². The smallest absolute Gasteiger partial charge is 0.230 e. The van der Waals surface area contributed by atoms with Crippen LogP contribution in [0.25, 0.3) is 6.08 Å². The van der Waals surface area contributed by atoms with E-state index in [4.69, 9.17) is 25.8 Å². The molecule has 316 valence electrons. The number of ether oxygens (including phenoxy) is 3. The van der Waals surface area contributed by atoms with Gasteiger partial charge in [-0.25, -0.2) is 0 Å². The highest BCUT2D eigenvalue weighted by Gasteiger charge is 2.36. The molecule has 2 unspecified atom stereocenters. The first-order chi connectivity index (χ1) is 28.5. The lowest BCUT2D eigenvalue weighted by Gasteiger charge is -2.32. The summed E-state index contributed by atoms with van der Waals surface area (Å²) in [5.74, 6) is -2.45. The molecule has 3 aromatic rings. The fraction of sp³-hybridized carbons (Fsp3) is 0.432. The number of imide groups is 1. The Kier molecular flexibility index (Phi) is 17.0. The molecule has 0 saturated carbocycles. The summed E-state index contributed by atoms with van der Waals surface area (Å²) >= 11 is 6.56. The first kappa shape index (κ1) is 45.0. The van der Waals surface area contributed by atoms with Crippen LogP contribution in [0.5, 0.6) is 11.5 Å². The zero-order chi connectivity index (χ0) is 42.3. The Hall–Kier alpha value is -5.12. The van der Waals surface area contributed by atoms with E-state index in [0.717, 1.165) is 37.4 Å². The fourth-order valence-corrected chi connectivity index (χ4v) is 7.28. The second kappa shape index (κ2) is 22.3. The normalized spacial score (nSPS) is 16.8. The molecule has 0 aromatic heterocycles. The number of Topliss-reactive ketones (excluding diaryl/α,β-unsaturated/α-hetero) is 1. The quantitative estimate of drug-likeness (QED) is 0.0337. The van der Waals surface area contributed by atoms with Crippen LogP contribution in [0.3, 0.4) is 0 Å². The van der Waals surface area contributed by atoms with Gasteiger partial charge in [-0.15, -0.1) is 0 Å². The molecular weight excluding hydrogens is 778 g/mol. The Morgan fingerprint density at radius 1 is 0.983 bits per heavy atom. The van der Waals surface area contributed by atoms with Gasteiger partial charge in [-0.2, -0.15) is 0 Å². The molecule has 2 heterocycles. The lowest BCUT2D eigenvalue weighted by atomic mass is 9.80. The minimum atomic E-state index is -0.720. The van der Waals surface area contributed by atoms with Gasteiger partial charge in [0.2, 0.25) is 11.8 Å². The van der Waals surface area contributed by atoms with Crippen LogP contribution in [0, 0.1) is 11.8 Å². The number of aromatic hydroxyl groups is 1. The van der Waals surface area contributed by atoms with E-state index in [1.54, 1.807) is 49.4 Å². The van der Waals surface area contributed by atoms with Gasteiger partial charge in [-0.05, 0) is 62.4 Å². The summed E-state index contributed by atoms with van der Waals surface area (Å²) in [6.45, 7) is 10.6. The van der Waals surface area contributed by atoms with Crippen LogP contribution >= 0.6 is 11.6 Å². The number of carbonyl (C=O) groups is 5. The predicted molar refractivity (Wildman–Crippen MR) is 227 cm³/mol. The van der Waals surface area contributed by atoms with Crippen LogP contribution < -0.4 is 20.7 Å². The molecule has 15 heteroatoms. The first-order valence-electron chi connectivity index (χ1n) is 20.0. The lowest BCUT2D eigenvalue weighted by molar-refractivity contribution is -0.137. The molecule has 0 radical (unpaired) electrons. The molecule has 59 heavy (non-hydrogen) atoms. The van der Waals surface area contributed by atoms with Crippen LogP contribution in [-0.2, 0) is 25.6 Å². The monoisotopic (exact) mass is 831 g/mol. The number of piperazine rings is 1. The highest BCUT2D eigenvalue weighted by atomic mass is 35.5. The molecule has 14 nitrogen and oxygen atoms in total. The summed E-state index contributed by atoms with van der Waals surface area (Å²) in [6, 6.07) is 13.6. The van der Waals surface area contributed by atoms with Crippen molar-refractivity contribution in [1.29, 1.82) is 0 Å². The average Bonchev–Trinajstić information content (AvgIpc) is 3.22. The summed E-state index contributed by atoms with van der Waals surface area (Å²) in [5, 5.41) is 19.9. The van der Waals surface area contributed by atoms with Crippen molar-refractivity contribution in [2.45, 2.75) is 33.2 Å². The predicted octanol–water partition coefficient (Wildman–Crippen LogP) is 5.33. The maximum atomic E-state index is 13.5. The van der Waals surface area contributed by atoms with E-state index in [2.05, 4.69) is 32.8 Å². The molecule has 2 atom stereocenters. The van der Waals surface area contributed by atoms with Crippen LogP contribution in [0.4, 0.5) is 11.4 Å². The van der Waals surface area contributed by atoms with Gasteiger partial charge < -0.3 is 34.9 Å². The average molecular weight is 832 g/mol. The number of hydrogen-bond donors (Lipinski definition) is 4. The van der Waals surface area contributed by atoms with Crippen molar-refractivity contribution >= 4 is 58.7 Å². The number of nitrogens with one attached hydrogen (secondary N) is 3. The summed E-state index contributed by atoms with van der Waals surface area (Å²) in [4.78, 5) is 67.1. The summed E-state index contributed by atoms with van der Waals surface area (Å²) in [5.41, 5.74) is 3.39. The van der Waals surface area contributed by atoms with Gasteiger partial charge in [0, 0.05) is 97.7 Å². The SMILES string of the molecule is CCOc1cc(O)c(C(=O)/C=C/c2ccc(NCCOCCOCCNc3cccc(C=O)c3C(=O)C(C)C3CCC(=O)NC3=O)cc2Cl)cc1CN1CCN(C)CC1. The molecule has 2 aliphatic heterocycles. The number of halogens is 1. The number of anilines is 2. The Labute approximate surface area is 350 Å². The fourth-order valence-electron chi connectivity index (χ4n) is 7.03. The maximum Gasteiger partial charge on any atom is 0.230 e. The number of allylic oxidation sites excluding steroid dienone is 1. The maximum absolute atomic E-state index is 13.5. The van der Waals surface area contributed by atoms with E-state index in [0.29, 0.717) is 81.0 Å². The molecule has 2 aliphatic rings. The third kappa shape index (κ3) is 12.7. The molecule has 0 spiro atoms. The van der Waals surface area contributed by atoms with Crippen molar-refractivity contribution in [2.24, 2.45) is 11.8 Å². The number of benzene rings is 3. The van der Waals surface area contributed by atoms with Crippen LogP contribution in [0.1, 0.15) is 68.9 Å². The van der Waals surface area contributed by atoms with Gasteiger partial charge in [-0.3, -0.25) is 34.2 Å². The van der Waals surface area contributed by atoms with Crippen LogP contribution in [-0.4, -0.2) is 124 Å². The van der Waals surface area contributed by atoms with E-state index in [9.17, 15) is 29.1 Å². The van der Waals surface area contributed by atoms with Gasteiger partial charge in [0.05, 0.1) is 44.2 Å². The molecule has 4 N–H and O–H groups in total. The number of likely N-dealkylation sites (N-methyl/N-ethyl adjacent to an activating group) is 1. The molecule has 0 bridgehead atoms. The molecule has 0 aliphatic carbocycles. The van der Waals surface area contributed by atoms with E-state index < -0.39 is 17.7 Å². The third-order valence-corrected chi connectivity index (χ3v) is 10.8. The van der Waals surface area contributed by atoms with Crippen molar-refractivity contribution in [3.8, 4) is 11.5 Å². The zero-order valence-electron chi connectivity index (χ0n) is 33.9. The number of hydrogen-bond acceptors (Lipinski definition) is 13. The number of phenols is 1. The van der Waals surface area contributed by atoms with Crippen molar-refractivity contribution in [1.82, 2.24) is 15.1 Å². The minimum Gasteiger partial charge on any atom is -0.507 e. The molecule has 2 amide bonds. The number of aldehydes is 1. The molecule has 2 fully saturated rings. The van der Waals surface area contributed by atoms with Gasteiger partial charge in [-0.1, -0.05) is 36.7 Å². The number of carbonyl (C=O) groups excluding carboxylic acids is 5. The molecule has 2 saturated heterocycles. The zero-order valence-corrected chi connectivity index (χ0v) is 34.6. The van der Waals surface area contributed by atoms with E-state index in [1.165, 1.54) is 12.1 Å². The Balaban J connectivity index is 1.02. The largest absolute Gasteiger partial charge is 0.507 e. The second-order valence-corrected chi connectivity index (χ2v) is 15.0. The topological polar surface area (TPSA) is 176 Å². The number of rotatable bonds is 22. The van der Waals surface area contributed by atoms with Crippen LogP contribution in [0.15, 0.2) is 54.6 Å². The number of nitrogens with zero attached hydrogens (tertiary/aromatic N) is 2. The van der Waals surface area contributed by atoms with Gasteiger partial charge in [0.15, 0.2) is 17.9 Å². The summed E-state index contributed by atoms with van der Waals surface area (Å²) in [7, 11) is 2.10. The van der Waals surface area contributed by atoms with E-state index in [1.807, 2.05) is 13.0 Å². The van der Waals surface area contributed by atoms with Gasteiger partial charge in [0.25, 0.3) is 0 Å². The van der Waals surface area contributed by atoms with Crippen molar-refractivity contribution in [3.05, 3.63) is 87.4 Å².